The van der Waals surface area contributed by atoms with E-state index in [1.54, 1.807) is 6.20 Å². The fraction of sp³-hybridized carbons (Fsp3) is 0.182. The zero-order valence-electron chi connectivity index (χ0n) is 15.6. The molecule has 2 aromatic heterocycles. The average Bonchev–Trinajstić information content (AvgIpc) is 2.68. The fourth-order valence-electron chi connectivity index (χ4n) is 3.23. The Labute approximate surface area is 158 Å². The maximum Gasteiger partial charge on any atom is 0.161 e. The van der Waals surface area contributed by atoms with E-state index in [2.05, 4.69) is 53.7 Å². The first-order valence-corrected chi connectivity index (χ1v) is 9.12. The van der Waals surface area contributed by atoms with E-state index in [0.29, 0.717) is 13.1 Å². The van der Waals surface area contributed by atoms with Crippen molar-refractivity contribution in [2.24, 2.45) is 5.73 Å². The summed E-state index contributed by atoms with van der Waals surface area (Å²) in [6, 6.07) is 16.6. The highest BCUT2D eigenvalue weighted by molar-refractivity contribution is 6.07. The van der Waals surface area contributed by atoms with Gasteiger partial charge in [0, 0.05) is 41.4 Å². The van der Waals surface area contributed by atoms with Crippen molar-refractivity contribution in [3.63, 3.8) is 0 Å². The molecular weight excluding hydrogens is 334 g/mol. The monoisotopic (exact) mass is 357 g/mol. The molecule has 0 atom stereocenters. The van der Waals surface area contributed by atoms with Crippen LogP contribution >= 0.6 is 0 Å². The fourth-order valence-corrected chi connectivity index (χ4v) is 3.23. The van der Waals surface area contributed by atoms with Gasteiger partial charge in [-0.15, -0.1) is 0 Å². The number of nitrogens with zero attached hydrogens (tertiary/aromatic N) is 2. The Morgan fingerprint density at radius 1 is 0.926 bits per heavy atom. The summed E-state index contributed by atoms with van der Waals surface area (Å²) in [6.45, 7) is 5.50. The summed E-state index contributed by atoms with van der Waals surface area (Å²) in [5.41, 5.74) is 13.0. The van der Waals surface area contributed by atoms with E-state index in [-0.39, 0.29) is 0 Å². The first-order valence-electron chi connectivity index (χ1n) is 9.12. The van der Waals surface area contributed by atoms with Crippen molar-refractivity contribution in [2.45, 2.75) is 13.8 Å². The van der Waals surface area contributed by atoms with E-state index in [9.17, 15) is 0 Å². The van der Waals surface area contributed by atoms with Gasteiger partial charge in [0.05, 0.1) is 11.2 Å². The topological polar surface area (TPSA) is 75.9 Å². The summed E-state index contributed by atoms with van der Waals surface area (Å²) < 4.78 is 0. The number of nitrogens with one attached hydrogen (secondary N) is 2. The van der Waals surface area contributed by atoms with Crippen LogP contribution in [-0.2, 0) is 0 Å². The zero-order valence-corrected chi connectivity index (χ0v) is 15.6. The molecule has 0 aliphatic heterocycles. The van der Waals surface area contributed by atoms with Gasteiger partial charge in [-0.2, -0.15) is 0 Å². The summed E-state index contributed by atoms with van der Waals surface area (Å²) in [6.07, 6.45) is 1.77. The number of benzene rings is 2. The number of nitrogens with two attached hydrogens (primary N) is 1. The number of aromatic nitrogens is 2. The van der Waals surface area contributed by atoms with Gasteiger partial charge in [-0.3, -0.25) is 0 Å². The smallest absolute Gasteiger partial charge is 0.161 e. The number of fused-ring (bicyclic) bond motifs is 2. The van der Waals surface area contributed by atoms with E-state index in [4.69, 9.17) is 10.7 Å². The molecule has 0 fully saturated rings. The molecule has 4 N–H and O–H groups in total. The van der Waals surface area contributed by atoms with Crippen LogP contribution in [0, 0.1) is 13.8 Å². The first kappa shape index (κ1) is 17.2. The van der Waals surface area contributed by atoms with Crippen LogP contribution in [0.15, 0.2) is 54.7 Å². The molecule has 5 nitrogen and oxygen atoms in total. The number of hydrogen-bond donors (Lipinski definition) is 3. The second-order valence-electron chi connectivity index (χ2n) is 6.73. The molecule has 0 bridgehead atoms. The number of anilines is 3. The highest BCUT2D eigenvalue weighted by Crippen LogP contribution is 2.32. The van der Waals surface area contributed by atoms with E-state index < -0.39 is 0 Å². The molecule has 0 radical (unpaired) electrons. The molecule has 0 saturated carbocycles. The highest BCUT2D eigenvalue weighted by Gasteiger charge is 2.10. The summed E-state index contributed by atoms with van der Waals surface area (Å²) >= 11 is 0. The minimum atomic E-state index is 0.562. The van der Waals surface area contributed by atoms with Crippen LogP contribution in [0.4, 0.5) is 17.1 Å². The van der Waals surface area contributed by atoms with Crippen molar-refractivity contribution in [3.8, 4) is 0 Å². The van der Waals surface area contributed by atoms with Gasteiger partial charge in [-0.05, 0) is 67.4 Å². The van der Waals surface area contributed by atoms with E-state index in [1.807, 2.05) is 24.3 Å². The van der Waals surface area contributed by atoms with Crippen molar-refractivity contribution >= 4 is 39.0 Å². The molecule has 4 aromatic rings. The molecule has 0 unspecified atom stereocenters. The number of rotatable bonds is 5. The largest absolute Gasteiger partial charge is 0.383 e. The van der Waals surface area contributed by atoms with E-state index >= 15 is 0 Å². The lowest BCUT2D eigenvalue weighted by Crippen LogP contribution is -2.13. The second-order valence-corrected chi connectivity index (χ2v) is 6.73. The third-order valence-electron chi connectivity index (χ3n) is 4.79. The van der Waals surface area contributed by atoms with Crippen LogP contribution in [0.25, 0.3) is 21.9 Å². The molecule has 0 aliphatic rings. The summed E-state index contributed by atoms with van der Waals surface area (Å²) in [5.74, 6) is 0. The predicted octanol–water partition coefficient (Wildman–Crippen LogP) is 4.51. The third-order valence-corrected chi connectivity index (χ3v) is 4.79. The normalized spacial score (nSPS) is 11.1. The molecule has 27 heavy (non-hydrogen) atoms. The lowest BCUT2D eigenvalue weighted by Gasteiger charge is -2.14. The van der Waals surface area contributed by atoms with Crippen molar-refractivity contribution in [1.82, 2.24) is 9.97 Å². The highest BCUT2D eigenvalue weighted by atomic mass is 14.9. The summed E-state index contributed by atoms with van der Waals surface area (Å²) in [5, 5.41) is 9.01. The van der Waals surface area contributed by atoms with Crippen LogP contribution in [0.3, 0.4) is 0 Å². The Kier molecular flexibility index (Phi) is 4.60. The Morgan fingerprint density at radius 3 is 2.56 bits per heavy atom. The van der Waals surface area contributed by atoms with Gasteiger partial charge >= 0.3 is 0 Å². The standard InChI is InChI=1S/C22H23N5/c1-14-5-6-16(12-15(14)2)26-17-7-8-20-19(13-17)21(24-11-9-23)18-4-3-10-25-22(18)27-20/h3-8,10,12-13,26H,9,11,23H2,1-2H3,(H,24,25,27). The quantitative estimate of drug-likeness (QED) is 0.458. The van der Waals surface area contributed by atoms with Gasteiger partial charge < -0.3 is 16.4 Å². The van der Waals surface area contributed by atoms with E-state index in [0.717, 1.165) is 39.0 Å². The maximum atomic E-state index is 5.72. The first-order chi connectivity index (χ1) is 13.2. The van der Waals surface area contributed by atoms with Crippen LogP contribution in [-0.4, -0.2) is 23.1 Å². The lowest BCUT2D eigenvalue weighted by molar-refractivity contribution is 1.03. The Morgan fingerprint density at radius 2 is 1.74 bits per heavy atom. The van der Waals surface area contributed by atoms with Crippen LogP contribution in [0.5, 0.6) is 0 Å². The van der Waals surface area contributed by atoms with Gasteiger partial charge in [0.1, 0.15) is 0 Å². The minimum Gasteiger partial charge on any atom is -0.383 e. The molecule has 4 rings (SSSR count). The Hall–Kier alpha value is -3.18. The van der Waals surface area contributed by atoms with E-state index in [1.165, 1.54) is 11.1 Å². The van der Waals surface area contributed by atoms with Gasteiger partial charge in [-0.1, -0.05) is 6.07 Å². The number of aryl methyl sites for hydroxylation is 2. The third kappa shape index (κ3) is 3.41. The SMILES string of the molecule is Cc1ccc(Nc2ccc3nc4ncccc4c(NCCN)c3c2)cc1C. The second kappa shape index (κ2) is 7.21. The van der Waals surface area contributed by atoms with Crippen LogP contribution < -0.4 is 16.4 Å². The predicted molar refractivity (Wildman–Crippen MR) is 114 cm³/mol. The molecule has 0 amide bonds. The molecule has 136 valence electrons. The van der Waals surface area contributed by atoms with Gasteiger partial charge in [0.25, 0.3) is 0 Å². The molecule has 5 heteroatoms. The zero-order chi connectivity index (χ0) is 18.8. The Balaban J connectivity index is 1.82. The van der Waals surface area contributed by atoms with Gasteiger partial charge in [0.15, 0.2) is 5.65 Å². The average molecular weight is 357 g/mol. The van der Waals surface area contributed by atoms with Crippen molar-refractivity contribution in [3.05, 3.63) is 65.9 Å². The molecule has 0 spiro atoms. The minimum absolute atomic E-state index is 0.562. The van der Waals surface area contributed by atoms with Gasteiger partial charge in [0.2, 0.25) is 0 Å². The molecule has 0 aliphatic carbocycles. The number of hydrogen-bond acceptors (Lipinski definition) is 5. The lowest BCUT2D eigenvalue weighted by atomic mass is 10.1. The molecule has 2 heterocycles. The Bertz CT molecular complexity index is 1120. The summed E-state index contributed by atoms with van der Waals surface area (Å²) in [4.78, 5) is 9.12. The van der Waals surface area contributed by atoms with Gasteiger partial charge in [-0.25, -0.2) is 9.97 Å². The number of pyridine rings is 2. The molecule has 0 saturated heterocycles. The molecule has 2 aromatic carbocycles. The van der Waals surface area contributed by atoms with Crippen molar-refractivity contribution in [1.29, 1.82) is 0 Å². The van der Waals surface area contributed by atoms with Crippen LogP contribution in [0.2, 0.25) is 0 Å². The maximum absolute atomic E-state index is 5.72. The molecular formula is C22H23N5. The van der Waals surface area contributed by atoms with Crippen LogP contribution in [0.1, 0.15) is 11.1 Å². The summed E-state index contributed by atoms with van der Waals surface area (Å²) in [7, 11) is 0. The van der Waals surface area contributed by atoms with Crippen molar-refractivity contribution in [2.75, 3.05) is 23.7 Å². The van der Waals surface area contributed by atoms with Crippen molar-refractivity contribution < 1.29 is 0 Å².